The molecular weight excluding hydrogens is 198 g/mol. The number of fused-ring (bicyclic) bond motifs is 1. The lowest BCUT2D eigenvalue weighted by molar-refractivity contribution is 0.119. The van der Waals surface area contributed by atoms with Gasteiger partial charge in [-0.2, -0.15) is 0 Å². The highest BCUT2D eigenvalue weighted by Gasteiger charge is 2.34. The molecule has 2 atom stereocenters. The number of nitrogens with one attached hydrogen (secondary N) is 1. The second kappa shape index (κ2) is 5.99. The van der Waals surface area contributed by atoms with Crippen molar-refractivity contribution >= 4 is 0 Å². The van der Waals surface area contributed by atoms with Gasteiger partial charge in [0.2, 0.25) is 0 Å². The lowest BCUT2D eigenvalue weighted by atomic mass is 10.1. The fourth-order valence-electron chi connectivity index (χ4n) is 3.26. The summed E-state index contributed by atoms with van der Waals surface area (Å²) in [5, 5.41) is 3.67. The van der Waals surface area contributed by atoms with Crippen molar-refractivity contribution in [1.82, 2.24) is 15.1 Å². The van der Waals surface area contributed by atoms with Gasteiger partial charge in [0.15, 0.2) is 0 Å². The van der Waals surface area contributed by atoms with Crippen molar-refractivity contribution in [3.05, 3.63) is 0 Å². The molecule has 16 heavy (non-hydrogen) atoms. The summed E-state index contributed by atoms with van der Waals surface area (Å²) in [7, 11) is 0. The minimum Gasteiger partial charge on any atom is -0.311 e. The average molecular weight is 225 g/mol. The van der Waals surface area contributed by atoms with Gasteiger partial charge in [-0.1, -0.05) is 20.3 Å². The molecule has 0 aromatic rings. The van der Waals surface area contributed by atoms with Crippen LogP contribution in [0.2, 0.25) is 0 Å². The van der Waals surface area contributed by atoms with Gasteiger partial charge in [0.05, 0.1) is 0 Å². The van der Waals surface area contributed by atoms with E-state index in [4.69, 9.17) is 0 Å². The van der Waals surface area contributed by atoms with Crippen LogP contribution >= 0.6 is 0 Å². The predicted molar refractivity (Wildman–Crippen MR) is 68.8 cm³/mol. The quantitative estimate of drug-likeness (QED) is 0.757. The molecule has 94 valence electrons. The Morgan fingerprint density at radius 2 is 2.06 bits per heavy atom. The topological polar surface area (TPSA) is 18.5 Å². The number of likely N-dealkylation sites (N-methyl/N-ethyl adjacent to an activating group) is 1. The number of hydrogen-bond donors (Lipinski definition) is 1. The molecule has 2 rings (SSSR count). The van der Waals surface area contributed by atoms with Gasteiger partial charge in [-0.3, -0.25) is 4.90 Å². The molecule has 3 heteroatoms. The van der Waals surface area contributed by atoms with Crippen LogP contribution in [0.25, 0.3) is 0 Å². The Kier molecular flexibility index (Phi) is 4.62. The molecule has 1 saturated heterocycles. The summed E-state index contributed by atoms with van der Waals surface area (Å²) in [5.41, 5.74) is 0. The lowest BCUT2D eigenvalue weighted by Crippen LogP contribution is -2.56. The van der Waals surface area contributed by atoms with Crippen LogP contribution in [0.4, 0.5) is 0 Å². The standard InChI is InChI=1S/C13H27N3/c1-3-15(4-2)10-11-16-9-8-14-12-6-5-7-13(12)16/h12-14H,3-11H2,1-2H3/t12-,13-/m0/s1. The Hall–Kier alpha value is -0.120. The number of piperazine rings is 1. The molecule has 1 aliphatic heterocycles. The fraction of sp³-hybridized carbons (Fsp3) is 1.00. The molecule has 0 amide bonds. The molecule has 1 heterocycles. The third kappa shape index (κ3) is 2.76. The summed E-state index contributed by atoms with van der Waals surface area (Å²) in [5.74, 6) is 0. The van der Waals surface area contributed by atoms with Crippen molar-refractivity contribution in [1.29, 1.82) is 0 Å². The van der Waals surface area contributed by atoms with Crippen molar-refractivity contribution in [2.75, 3.05) is 39.3 Å². The van der Waals surface area contributed by atoms with Gasteiger partial charge in [-0.15, -0.1) is 0 Å². The first kappa shape index (κ1) is 12.3. The van der Waals surface area contributed by atoms with Crippen molar-refractivity contribution in [3.63, 3.8) is 0 Å². The van der Waals surface area contributed by atoms with Gasteiger partial charge < -0.3 is 10.2 Å². The van der Waals surface area contributed by atoms with E-state index in [1.54, 1.807) is 0 Å². The van der Waals surface area contributed by atoms with Crippen LogP contribution in [-0.4, -0.2) is 61.2 Å². The van der Waals surface area contributed by atoms with E-state index in [1.165, 1.54) is 58.5 Å². The highest BCUT2D eigenvalue weighted by Crippen LogP contribution is 2.26. The molecule has 1 N–H and O–H groups in total. The highest BCUT2D eigenvalue weighted by molar-refractivity contribution is 4.94. The van der Waals surface area contributed by atoms with Crippen LogP contribution in [-0.2, 0) is 0 Å². The zero-order chi connectivity index (χ0) is 11.4. The maximum absolute atomic E-state index is 3.67. The van der Waals surface area contributed by atoms with Gasteiger partial charge in [0, 0.05) is 38.3 Å². The predicted octanol–water partition coefficient (Wildman–Crippen LogP) is 1.15. The van der Waals surface area contributed by atoms with Gasteiger partial charge in [0.25, 0.3) is 0 Å². The van der Waals surface area contributed by atoms with E-state index >= 15 is 0 Å². The van der Waals surface area contributed by atoms with Crippen LogP contribution in [0.1, 0.15) is 33.1 Å². The van der Waals surface area contributed by atoms with E-state index in [0.717, 1.165) is 12.1 Å². The highest BCUT2D eigenvalue weighted by atomic mass is 15.3. The first-order valence-electron chi connectivity index (χ1n) is 7.05. The summed E-state index contributed by atoms with van der Waals surface area (Å²) in [6.07, 6.45) is 4.23. The summed E-state index contributed by atoms with van der Waals surface area (Å²) in [6, 6.07) is 1.63. The van der Waals surface area contributed by atoms with Gasteiger partial charge in [-0.05, 0) is 25.9 Å². The van der Waals surface area contributed by atoms with Crippen molar-refractivity contribution in [2.45, 2.75) is 45.2 Å². The van der Waals surface area contributed by atoms with E-state index in [2.05, 4.69) is 29.0 Å². The normalized spacial score (nSPS) is 30.9. The zero-order valence-electron chi connectivity index (χ0n) is 10.9. The molecule has 2 aliphatic rings. The second-order valence-corrected chi connectivity index (χ2v) is 5.12. The molecule has 3 nitrogen and oxygen atoms in total. The lowest BCUT2D eigenvalue weighted by Gasteiger charge is -2.39. The Morgan fingerprint density at radius 3 is 2.81 bits per heavy atom. The number of rotatable bonds is 5. The second-order valence-electron chi connectivity index (χ2n) is 5.12. The number of hydrogen-bond acceptors (Lipinski definition) is 3. The van der Waals surface area contributed by atoms with Gasteiger partial charge in [0.1, 0.15) is 0 Å². The van der Waals surface area contributed by atoms with E-state index < -0.39 is 0 Å². The summed E-state index contributed by atoms with van der Waals surface area (Å²) in [4.78, 5) is 5.26. The Balaban J connectivity index is 1.79. The minimum absolute atomic E-state index is 0.797. The van der Waals surface area contributed by atoms with Crippen LogP contribution < -0.4 is 5.32 Å². The molecular formula is C13H27N3. The molecule has 0 radical (unpaired) electrons. The van der Waals surface area contributed by atoms with Crippen LogP contribution in [0.15, 0.2) is 0 Å². The third-order valence-corrected chi connectivity index (χ3v) is 4.35. The third-order valence-electron chi connectivity index (χ3n) is 4.35. The SMILES string of the molecule is CCN(CC)CCN1CCN[C@H]2CCC[C@@H]21. The average Bonchev–Trinajstić information content (AvgIpc) is 2.79. The summed E-state index contributed by atoms with van der Waals surface area (Å²) < 4.78 is 0. The molecule has 0 aromatic carbocycles. The molecule has 1 aliphatic carbocycles. The van der Waals surface area contributed by atoms with Crippen LogP contribution in [0, 0.1) is 0 Å². The van der Waals surface area contributed by atoms with Crippen LogP contribution in [0.5, 0.6) is 0 Å². The van der Waals surface area contributed by atoms with E-state index in [-0.39, 0.29) is 0 Å². The minimum atomic E-state index is 0.797. The fourth-order valence-corrected chi connectivity index (χ4v) is 3.26. The Morgan fingerprint density at radius 1 is 1.25 bits per heavy atom. The van der Waals surface area contributed by atoms with Gasteiger partial charge in [-0.25, -0.2) is 0 Å². The molecule has 0 spiro atoms. The van der Waals surface area contributed by atoms with E-state index in [1.807, 2.05) is 0 Å². The number of nitrogens with zero attached hydrogens (tertiary/aromatic N) is 2. The first-order chi connectivity index (χ1) is 7.85. The zero-order valence-corrected chi connectivity index (χ0v) is 10.9. The Bertz CT molecular complexity index is 203. The largest absolute Gasteiger partial charge is 0.311 e. The summed E-state index contributed by atoms with van der Waals surface area (Å²) >= 11 is 0. The van der Waals surface area contributed by atoms with Crippen molar-refractivity contribution in [3.8, 4) is 0 Å². The Labute approximate surface area is 100 Å². The molecule has 2 fully saturated rings. The first-order valence-corrected chi connectivity index (χ1v) is 7.05. The van der Waals surface area contributed by atoms with Crippen molar-refractivity contribution < 1.29 is 0 Å². The van der Waals surface area contributed by atoms with E-state index in [0.29, 0.717) is 0 Å². The molecule has 1 saturated carbocycles. The van der Waals surface area contributed by atoms with E-state index in [9.17, 15) is 0 Å². The van der Waals surface area contributed by atoms with Gasteiger partial charge >= 0.3 is 0 Å². The molecule has 0 aromatic heterocycles. The summed E-state index contributed by atoms with van der Waals surface area (Å²) in [6.45, 7) is 11.9. The smallest absolute Gasteiger partial charge is 0.0250 e. The molecule has 0 bridgehead atoms. The van der Waals surface area contributed by atoms with Crippen molar-refractivity contribution in [2.24, 2.45) is 0 Å². The monoisotopic (exact) mass is 225 g/mol. The molecule has 0 unspecified atom stereocenters. The van der Waals surface area contributed by atoms with Crippen LogP contribution in [0.3, 0.4) is 0 Å². The maximum Gasteiger partial charge on any atom is 0.0250 e. The maximum atomic E-state index is 3.67.